The fourth-order valence-electron chi connectivity index (χ4n) is 2.93. The molecule has 0 aliphatic rings. The molecule has 0 aliphatic carbocycles. The lowest BCUT2D eigenvalue weighted by Gasteiger charge is -2.25. The number of primary sulfonamides is 1. The zero-order valence-electron chi connectivity index (χ0n) is 16.5. The smallest absolute Gasteiger partial charge is 0.238 e. The summed E-state index contributed by atoms with van der Waals surface area (Å²) in [5.74, 6) is -0.261. The predicted octanol–water partition coefficient (Wildman–Crippen LogP) is 2.47. The number of sulfonamides is 1. The molecule has 0 saturated carbocycles. The van der Waals surface area contributed by atoms with Crippen LogP contribution < -0.4 is 20.7 Å². The van der Waals surface area contributed by atoms with Gasteiger partial charge in [0.25, 0.3) is 0 Å². The van der Waals surface area contributed by atoms with Crippen molar-refractivity contribution in [2.24, 2.45) is 5.14 Å². The minimum absolute atomic E-state index is 0.00459. The van der Waals surface area contributed by atoms with Gasteiger partial charge in [-0.25, -0.2) is 13.6 Å². The maximum atomic E-state index is 12.5. The number of nitrogens with two attached hydrogens (primary N) is 1. The van der Waals surface area contributed by atoms with Crippen molar-refractivity contribution in [1.82, 2.24) is 5.32 Å². The Hall–Kier alpha value is -2.42. The van der Waals surface area contributed by atoms with E-state index in [1.165, 1.54) is 12.1 Å². The van der Waals surface area contributed by atoms with Crippen LogP contribution in [-0.4, -0.2) is 34.0 Å². The second-order valence-electron chi connectivity index (χ2n) is 6.46. The molecule has 4 N–H and O–H groups in total. The lowest BCUT2D eigenvalue weighted by Crippen LogP contribution is -2.31. The molecule has 7 nitrogen and oxygen atoms in total. The van der Waals surface area contributed by atoms with Crippen LogP contribution in [0.4, 0.5) is 11.4 Å². The highest BCUT2D eigenvalue weighted by Crippen LogP contribution is 2.28. The fraction of sp³-hybridized carbons (Fsp3) is 0.350. The summed E-state index contributed by atoms with van der Waals surface area (Å²) >= 11 is 0. The Labute approximate surface area is 167 Å². The zero-order chi connectivity index (χ0) is 20.7. The largest absolute Gasteiger partial charge is 0.370 e. The molecule has 2 aromatic rings. The van der Waals surface area contributed by atoms with E-state index < -0.39 is 10.0 Å². The zero-order valence-corrected chi connectivity index (χ0v) is 17.3. The molecule has 0 heterocycles. The first-order valence-electron chi connectivity index (χ1n) is 9.26. The quantitative estimate of drug-likeness (QED) is 0.596. The molecule has 8 heteroatoms. The van der Waals surface area contributed by atoms with Crippen molar-refractivity contribution in [3.05, 3.63) is 54.1 Å². The Bertz CT molecular complexity index is 897. The molecule has 0 spiro atoms. The van der Waals surface area contributed by atoms with Gasteiger partial charge in [-0.2, -0.15) is 0 Å². The molecular formula is C20H28N4O3S. The molecule has 1 amide bonds. The van der Waals surface area contributed by atoms with Gasteiger partial charge in [-0.05, 0) is 44.5 Å². The minimum Gasteiger partial charge on any atom is -0.370 e. The van der Waals surface area contributed by atoms with E-state index >= 15 is 0 Å². The second-order valence-corrected chi connectivity index (χ2v) is 8.02. The molecule has 0 radical (unpaired) electrons. The second kappa shape index (κ2) is 9.68. The Morgan fingerprint density at radius 3 is 2.32 bits per heavy atom. The summed E-state index contributed by atoms with van der Waals surface area (Å²) in [6.45, 7) is 7.49. The van der Waals surface area contributed by atoms with Crippen molar-refractivity contribution in [3.8, 4) is 0 Å². The van der Waals surface area contributed by atoms with E-state index in [1.54, 1.807) is 6.07 Å². The highest BCUT2D eigenvalue weighted by atomic mass is 32.2. The van der Waals surface area contributed by atoms with E-state index in [1.807, 2.05) is 56.0 Å². The standard InChI is InChI=1S/C20H28N4O3S/c1-4-24(5-2)19-12-11-17(28(21,26)27)13-18(19)23-20(25)14-22-15(3)16-9-7-6-8-10-16/h6-13,15,22H,4-5,14H2,1-3H3,(H,23,25)(H2,21,26,27)/t15-/m1/s1. The van der Waals surface area contributed by atoms with Gasteiger partial charge in [0.15, 0.2) is 0 Å². The summed E-state index contributed by atoms with van der Waals surface area (Å²) in [5.41, 5.74) is 2.26. The van der Waals surface area contributed by atoms with Crippen LogP contribution in [0.25, 0.3) is 0 Å². The minimum atomic E-state index is -3.86. The third kappa shape index (κ3) is 5.79. The van der Waals surface area contributed by atoms with Crippen LogP contribution in [0.2, 0.25) is 0 Å². The van der Waals surface area contributed by atoms with Crippen molar-refractivity contribution < 1.29 is 13.2 Å². The van der Waals surface area contributed by atoms with Crippen molar-refractivity contribution in [3.63, 3.8) is 0 Å². The van der Waals surface area contributed by atoms with Gasteiger partial charge in [0.2, 0.25) is 15.9 Å². The van der Waals surface area contributed by atoms with Crippen molar-refractivity contribution in [2.75, 3.05) is 29.9 Å². The highest BCUT2D eigenvalue weighted by molar-refractivity contribution is 7.89. The van der Waals surface area contributed by atoms with Crippen molar-refractivity contribution in [1.29, 1.82) is 0 Å². The van der Waals surface area contributed by atoms with Gasteiger partial charge in [-0.1, -0.05) is 30.3 Å². The van der Waals surface area contributed by atoms with Gasteiger partial charge in [-0.3, -0.25) is 4.79 Å². The van der Waals surface area contributed by atoms with Crippen LogP contribution in [0.3, 0.4) is 0 Å². The Balaban J connectivity index is 2.16. The number of hydrogen-bond acceptors (Lipinski definition) is 5. The molecule has 0 aromatic heterocycles. The molecule has 28 heavy (non-hydrogen) atoms. The third-order valence-electron chi connectivity index (χ3n) is 4.54. The number of nitrogens with zero attached hydrogens (tertiary/aromatic N) is 1. The molecular weight excluding hydrogens is 376 g/mol. The van der Waals surface area contributed by atoms with E-state index in [9.17, 15) is 13.2 Å². The third-order valence-corrected chi connectivity index (χ3v) is 5.45. The first-order chi connectivity index (χ1) is 13.3. The SMILES string of the molecule is CCN(CC)c1ccc(S(N)(=O)=O)cc1NC(=O)CN[C@H](C)c1ccccc1. The van der Waals surface area contributed by atoms with Crippen LogP contribution in [0.1, 0.15) is 32.4 Å². The van der Waals surface area contributed by atoms with E-state index in [-0.39, 0.29) is 23.4 Å². The number of rotatable bonds is 9. The number of hydrogen-bond donors (Lipinski definition) is 3. The monoisotopic (exact) mass is 404 g/mol. The van der Waals surface area contributed by atoms with Gasteiger partial charge < -0.3 is 15.5 Å². The Morgan fingerprint density at radius 1 is 1.11 bits per heavy atom. The van der Waals surface area contributed by atoms with Gasteiger partial charge in [0, 0.05) is 19.1 Å². The summed E-state index contributed by atoms with van der Waals surface area (Å²) < 4.78 is 23.4. The molecule has 1 atom stereocenters. The maximum Gasteiger partial charge on any atom is 0.238 e. The molecule has 2 rings (SSSR count). The summed E-state index contributed by atoms with van der Waals surface area (Å²) in [7, 11) is -3.86. The number of carbonyl (C=O) groups is 1. The highest BCUT2D eigenvalue weighted by Gasteiger charge is 2.16. The molecule has 2 aromatic carbocycles. The van der Waals surface area contributed by atoms with Gasteiger partial charge in [0.05, 0.1) is 22.8 Å². The molecule has 0 fully saturated rings. The molecule has 0 saturated heterocycles. The van der Waals surface area contributed by atoms with Crippen LogP contribution in [0.15, 0.2) is 53.4 Å². The van der Waals surface area contributed by atoms with E-state index in [0.29, 0.717) is 5.69 Å². The van der Waals surface area contributed by atoms with E-state index in [2.05, 4.69) is 10.6 Å². The van der Waals surface area contributed by atoms with Gasteiger partial charge in [-0.15, -0.1) is 0 Å². The Kier molecular flexibility index (Phi) is 7.56. The lowest BCUT2D eigenvalue weighted by atomic mass is 10.1. The van der Waals surface area contributed by atoms with Crippen LogP contribution >= 0.6 is 0 Å². The van der Waals surface area contributed by atoms with Crippen LogP contribution in [0.5, 0.6) is 0 Å². The number of benzene rings is 2. The summed E-state index contributed by atoms with van der Waals surface area (Å²) in [4.78, 5) is 14.5. The lowest BCUT2D eigenvalue weighted by molar-refractivity contribution is -0.115. The van der Waals surface area contributed by atoms with Gasteiger partial charge >= 0.3 is 0 Å². The first-order valence-corrected chi connectivity index (χ1v) is 10.8. The van der Waals surface area contributed by atoms with Gasteiger partial charge in [0.1, 0.15) is 0 Å². The molecule has 0 bridgehead atoms. The number of carbonyl (C=O) groups excluding carboxylic acids is 1. The van der Waals surface area contributed by atoms with Crippen LogP contribution in [-0.2, 0) is 14.8 Å². The summed E-state index contributed by atoms with van der Waals surface area (Å²) in [5, 5.41) is 11.2. The maximum absolute atomic E-state index is 12.5. The number of amides is 1. The number of nitrogens with one attached hydrogen (secondary N) is 2. The normalized spacial score (nSPS) is 12.4. The first kappa shape index (κ1) is 21.9. The predicted molar refractivity (Wildman–Crippen MR) is 113 cm³/mol. The van der Waals surface area contributed by atoms with E-state index in [0.717, 1.165) is 24.3 Å². The topological polar surface area (TPSA) is 105 Å². The fourth-order valence-corrected chi connectivity index (χ4v) is 3.47. The summed E-state index contributed by atoms with van der Waals surface area (Å²) in [6.07, 6.45) is 0. The molecule has 152 valence electrons. The van der Waals surface area contributed by atoms with E-state index in [4.69, 9.17) is 5.14 Å². The Morgan fingerprint density at radius 2 is 1.75 bits per heavy atom. The van der Waals surface area contributed by atoms with Crippen LogP contribution in [0, 0.1) is 0 Å². The molecule has 0 aliphatic heterocycles. The molecule has 0 unspecified atom stereocenters. The number of anilines is 2. The average Bonchev–Trinajstić information content (AvgIpc) is 2.68. The van der Waals surface area contributed by atoms with Crippen molar-refractivity contribution in [2.45, 2.75) is 31.7 Å². The summed E-state index contributed by atoms with van der Waals surface area (Å²) in [6, 6.07) is 14.3. The van der Waals surface area contributed by atoms with Crippen molar-refractivity contribution >= 4 is 27.3 Å². The average molecular weight is 405 g/mol.